The van der Waals surface area contributed by atoms with Crippen molar-refractivity contribution < 1.29 is 13.5 Å². The van der Waals surface area contributed by atoms with Crippen LogP contribution in [0.25, 0.3) is 0 Å². The summed E-state index contributed by atoms with van der Waals surface area (Å²) in [5, 5.41) is 2.65. The van der Waals surface area contributed by atoms with Gasteiger partial charge >= 0.3 is 0 Å². The van der Waals surface area contributed by atoms with Gasteiger partial charge in [-0.25, -0.2) is 8.78 Å². The highest BCUT2D eigenvalue weighted by molar-refractivity contribution is 9.10. The van der Waals surface area contributed by atoms with Gasteiger partial charge in [-0.3, -0.25) is 0 Å². The molecule has 0 aliphatic heterocycles. The third kappa shape index (κ3) is 3.14. The van der Waals surface area contributed by atoms with Gasteiger partial charge in [-0.15, -0.1) is 0 Å². The predicted molar refractivity (Wildman–Crippen MR) is 74.7 cm³/mol. The van der Waals surface area contributed by atoms with Gasteiger partial charge in [0.1, 0.15) is 11.4 Å². The summed E-state index contributed by atoms with van der Waals surface area (Å²) >= 11 is 3.02. The third-order valence-corrected chi connectivity index (χ3v) is 2.90. The molecule has 0 fully saturated rings. The summed E-state index contributed by atoms with van der Waals surface area (Å²) in [6.07, 6.45) is 0. The lowest BCUT2D eigenvalue weighted by atomic mass is 10.2. The van der Waals surface area contributed by atoms with E-state index in [1.165, 1.54) is 19.2 Å². The number of ether oxygens (including phenoxy) is 1. The van der Waals surface area contributed by atoms with Crippen molar-refractivity contribution in [3.63, 3.8) is 0 Å². The average Bonchev–Trinajstić information content (AvgIpc) is 2.33. The van der Waals surface area contributed by atoms with Crippen LogP contribution in [0.2, 0.25) is 0 Å². The molecular formula is C13H11BrF2N2O. The fourth-order valence-electron chi connectivity index (χ4n) is 1.62. The molecule has 19 heavy (non-hydrogen) atoms. The lowest BCUT2D eigenvalue weighted by Crippen LogP contribution is -1.99. The van der Waals surface area contributed by atoms with E-state index in [0.717, 1.165) is 0 Å². The van der Waals surface area contributed by atoms with Crippen LogP contribution in [-0.2, 0) is 0 Å². The molecule has 2 rings (SSSR count). The number of hydrogen-bond acceptors (Lipinski definition) is 3. The molecule has 0 aromatic heterocycles. The first-order valence-corrected chi connectivity index (χ1v) is 6.15. The SMILES string of the molecule is COc1cc(N)cc(Nc2c(F)cc(Br)cc2F)c1. The first-order chi connectivity index (χ1) is 8.99. The van der Waals surface area contributed by atoms with Gasteiger partial charge in [0, 0.05) is 28.0 Å². The maximum absolute atomic E-state index is 13.7. The molecule has 0 radical (unpaired) electrons. The molecule has 0 heterocycles. The van der Waals surface area contributed by atoms with Crippen molar-refractivity contribution in [3.05, 3.63) is 46.4 Å². The second kappa shape index (κ2) is 5.44. The molecular weight excluding hydrogens is 318 g/mol. The number of halogens is 3. The van der Waals surface area contributed by atoms with Crippen LogP contribution in [0.4, 0.5) is 25.8 Å². The van der Waals surface area contributed by atoms with Crippen molar-refractivity contribution in [1.82, 2.24) is 0 Å². The van der Waals surface area contributed by atoms with E-state index in [0.29, 0.717) is 21.6 Å². The summed E-state index contributed by atoms with van der Waals surface area (Å²) in [4.78, 5) is 0. The fourth-order valence-corrected chi connectivity index (χ4v) is 2.02. The molecule has 0 atom stereocenters. The molecule has 0 spiro atoms. The summed E-state index contributed by atoms with van der Waals surface area (Å²) in [7, 11) is 1.49. The number of nitrogens with two attached hydrogens (primary N) is 1. The van der Waals surface area contributed by atoms with Crippen molar-refractivity contribution in [2.45, 2.75) is 0 Å². The van der Waals surface area contributed by atoms with Gasteiger partial charge in [0.25, 0.3) is 0 Å². The summed E-state index contributed by atoms with van der Waals surface area (Å²) in [5.74, 6) is -0.901. The van der Waals surface area contributed by atoms with Gasteiger partial charge in [0.2, 0.25) is 0 Å². The fraction of sp³-hybridized carbons (Fsp3) is 0.0769. The molecule has 2 aromatic carbocycles. The number of benzene rings is 2. The van der Waals surface area contributed by atoms with Crippen LogP contribution in [0.5, 0.6) is 5.75 Å². The second-order valence-electron chi connectivity index (χ2n) is 3.86. The summed E-state index contributed by atoms with van der Waals surface area (Å²) in [5.41, 5.74) is 6.31. The van der Waals surface area contributed by atoms with E-state index >= 15 is 0 Å². The Labute approximate surface area is 117 Å². The minimum atomic E-state index is -0.701. The van der Waals surface area contributed by atoms with Crippen molar-refractivity contribution in [2.75, 3.05) is 18.2 Å². The Morgan fingerprint density at radius 3 is 2.32 bits per heavy atom. The molecule has 0 bridgehead atoms. The van der Waals surface area contributed by atoms with Crippen LogP contribution in [0.1, 0.15) is 0 Å². The highest BCUT2D eigenvalue weighted by Crippen LogP contribution is 2.29. The van der Waals surface area contributed by atoms with Gasteiger partial charge in [0.05, 0.1) is 7.11 Å². The summed E-state index contributed by atoms with van der Waals surface area (Å²) in [6, 6.07) is 7.12. The number of nitrogens with one attached hydrogen (secondary N) is 1. The molecule has 0 unspecified atom stereocenters. The Morgan fingerprint density at radius 1 is 1.11 bits per heavy atom. The lowest BCUT2D eigenvalue weighted by molar-refractivity contribution is 0.415. The van der Waals surface area contributed by atoms with Gasteiger partial charge in [-0.1, -0.05) is 15.9 Å². The normalized spacial score (nSPS) is 10.3. The average molecular weight is 329 g/mol. The molecule has 0 saturated carbocycles. The molecule has 2 aromatic rings. The van der Waals surface area contributed by atoms with Crippen LogP contribution in [0.15, 0.2) is 34.8 Å². The maximum atomic E-state index is 13.7. The highest BCUT2D eigenvalue weighted by atomic mass is 79.9. The van der Waals surface area contributed by atoms with Crippen LogP contribution in [0, 0.1) is 11.6 Å². The zero-order valence-corrected chi connectivity index (χ0v) is 11.6. The van der Waals surface area contributed by atoms with Crippen molar-refractivity contribution in [2.24, 2.45) is 0 Å². The first kappa shape index (κ1) is 13.6. The van der Waals surface area contributed by atoms with E-state index in [2.05, 4.69) is 21.2 Å². The molecule has 3 nitrogen and oxygen atoms in total. The van der Waals surface area contributed by atoms with Crippen LogP contribution in [0.3, 0.4) is 0 Å². The smallest absolute Gasteiger partial charge is 0.150 e. The number of hydrogen-bond donors (Lipinski definition) is 2. The molecule has 3 N–H and O–H groups in total. The molecule has 0 amide bonds. The number of rotatable bonds is 3. The van der Waals surface area contributed by atoms with Crippen molar-refractivity contribution in [3.8, 4) is 5.75 Å². The van der Waals surface area contributed by atoms with Gasteiger partial charge in [0.15, 0.2) is 11.6 Å². The van der Waals surface area contributed by atoms with Gasteiger partial charge in [-0.2, -0.15) is 0 Å². The molecule has 0 saturated heterocycles. The number of anilines is 3. The van der Waals surface area contributed by atoms with E-state index in [9.17, 15) is 8.78 Å². The van der Waals surface area contributed by atoms with Crippen molar-refractivity contribution >= 4 is 33.0 Å². The van der Waals surface area contributed by atoms with E-state index < -0.39 is 11.6 Å². The Balaban J connectivity index is 2.39. The zero-order chi connectivity index (χ0) is 14.0. The van der Waals surface area contributed by atoms with E-state index in [-0.39, 0.29) is 5.69 Å². The quantitative estimate of drug-likeness (QED) is 0.835. The first-order valence-electron chi connectivity index (χ1n) is 5.35. The molecule has 0 aliphatic rings. The van der Waals surface area contributed by atoms with Gasteiger partial charge in [-0.05, 0) is 18.2 Å². The summed E-state index contributed by atoms with van der Waals surface area (Å²) < 4.78 is 32.7. The Kier molecular flexibility index (Phi) is 3.90. The standard InChI is InChI=1S/C13H11BrF2N2O/c1-19-10-5-8(17)4-9(6-10)18-13-11(15)2-7(14)3-12(13)16/h2-6,18H,17H2,1H3. The van der Waals surface area contributed by atoms with Gasteiger partial charge < -0.3 is 15.8 Å². The zero-order valence-electron chi connectivity index (χ0n) is 10.0. The molecule has 6 heteroatoms. The minimum Gasteiger partial charge on any atom is -0.497 e. The predicted octanol–water partition coefficient (Wildman–Crippen LogP) is 4.06. The minimum absolute atomic E-state index is 0.240. The monoisotopic (exact) mass is 328 g/mol. The largest absolute Gasteiger partial charge is 0.497 e. The Hall–Kier alpha value is -1.82. The third-order valence-electron chi connectivity index (χ3n) is 2.44. The molecule has 100 valence electrons. The topological polar surface area (TPSA) is 47.3 Å². The van der Waals surface area contributed by atoms with Crippen LogP contribution < -0.4 is 15.8 Å². The van der Waals surface area contributed by atoms with Crippen LogP contribution >= 0.6 is 15.9 Å². The second-order valence-corrected chi connectivity index (χ2v) is 4.78. The molecule has 0 aliphatic carbocycles. The van der Waals surface area contributed by atoms with Crippen LogP contribution in [-0.4, -0.2) is 7.11 Å². The summed E-state index contributed by atoms with van der Waals surface area (Å²) in [6.45, 7) is 0. The Morgan fingerprint density at radius 2 is 1.74 bits per heavy atom. The van der Waals surface area contributed by atoms with E-state index in [1.54, 1.807) is 18.2 Å². The lowest BCUT2D eigenvalue weighted by Gasteiger charge is -2.11. The highest BCUT2D eigenvalue weighted by Gasteiger charge is 2.11. The maximum Gasteiger partial charge on any atom is 0.150 e. The number of methoxy groups -OCH3 is 1. The van der Waals surface area contributed by atoms with E-state index in [4.69, 9.17) is 10.5 Å². The number of nitrogen functional groups attached to an aromatic ring is 1. The van der Waals surface area contributed by atoms with Crippen molar-refractivity contribution in [1.29, 1.82) is 0 Å². The Bertz CT molecular complexity index is 597. The van der Waals surface area contributed by atoms with E-state index in [1.807, 2.05) is 0 Å².